The van der Waals surface area contributed by atoms with Crippen LogP contribution in [0.4, 0.5) is 0 Å². The topological polar surface area (TPSA) is 93.9 Å². The van der Waals surface area contributed by atoms with E-state index < -0.39 is 5.54 Å². The minimum absolute atomic E-state index is 0.00510. The molecule has 0 spiro atoms. The number of hydrogen-bond acceptors (Lipinski definition) is 5. The van der Waals surface area contributed by atoms with Gasteiger partial charge in [0.1, 0.15) is 22.8 Å². The molecule has 176 valence electrons. The van der Waals surface area contributed by atoms with Crippen molar-refractivity contribution in [1.82, 2.24) is 10.2 Å². The Balaban J connectivity index is 1.46. The van der Waals surface area contributed by atoms with Crippen molar-refractivity contribution in [2.75, 3.05) is 19.7 Å². The quantitative estimate of drug-likeness (QED) is 0.512. The average molecular weight is 460 g/mol. The zero-order valence-electron chi connectivity index (χ0n) is 19.2. The minimum Gasteiger partial charge on any atom is -0.494 e. The number of amides is 2. The Bertz CT molecular complexity index is 1120. The van der Waals surface area contributed by atoms with Crippen LogP contribution in [0.2, 0.25) is 0 Å². The van der Waals surface area contributed by atoms with Gasteiger partial charge in [0.25, 0.3) is 5.91 Å². The van der Waals surface area contributed by atoms with Gasteiger partial charge in [-0.05, 0) is 54.4 Å². The van der Waals surface area contributed by atoms with Gasteiger partial charge >= 0.3 is 0 Å². The van der Waals surface area contributed by atoms with E-state index in [1.807, 2.05) is 85.8 Å². The highest BCUT2D eigenvalue weighted by molar-refractivity contribution is 5.98. The highest BCUT2D eigenvalue weighted by Crippen LogP contribution is 2.25. The number of nitrogens with one attached hydrogen (secondary N) is 1. The van der Waals surface area contributed by atoms with Gasteiger partial charge in [0, 0.05) is 19.5 Å². The van der Waals surface area contributed by atoms with Crippen LogP contribution in [0.5, 0.6) is 17.2 Å². The summed E-state index contributed by atoms with van der Waals surface area (Å²) in [5, 5.41) is 2.86. The van der Waals surface area contributed by atoms with Crippen LogP contribution in [0, 0.1) is 0 Å². The first-order valence-corrected chi connectivity index (χ1v) is 11.4. The van der Waals surface area contributed by atoms with Gasteiger partial charge in [-0.15, -0.1) is 0 Å². The Morgan fingerprint density at radius 2 is 1.50 bits per heavy atom. The number of nitrogens with zero attached hydrogens (tertiary/aromatic N) is 1. The zero-order chi connectivity index (χ0) is 24.0. The Morgan fingerprint density at radius 3 is 2.15 bits per heavy atom. The summed E-state index contributed by atoms with van der Waals surface area (Å²) in [6, 6.07) is 24.5. The van der Waals surface area contributed by atoms with E-state index in [-0.39, 0.29) is 24.9 Å². The second-order valence-corrected chi connectivity index (χ2v) is 8.31. The fourth-order valence-electron chi connectivity index (χ4n) is 4.09. The molecule has 4 rings (SSSR count). The van der Waals surface area contributed by atoms with Crippen LogP contribution in [0.25, 0.3) is 0 Å². The summed E-state index contributed by atoms with van der Waals surface area (Å²) >= 11 is 0. The molecule has 0 radical (unpaired) electrons. The third kappa shape index (κ3) is 5.38. The number of hydrogen-bond donors (Lipinski definition) is 2. The molecular formula is C27H29N3O4. The molecule has 3 aromatic carbocycles. The van der Waals surface area contributed by atoms with E-state index in [4.69, 9.17) is 15.2 Å². The Morgan fingerprint density at radius 1 is 0.882 bits per heavy atom. The van der Waals surface area contributed by atoms with Crippen LogP contribution in [0.3, 0.4) is 0 Å². The SMILES string of the molecule is CCOc1ccc(CC2(CN)NC(=O)CN(Cc3ccc(Oc4ccccc4)cc3)C2=O)cc1. The molecule has 1 heterocycles. The summed E-state index contributed by atoms with van der Waals surface area (Å²) in [4.78, 5) is 27.6. The molecule has 1 fully saturated rings. The molecule has 3 N–H and O–H groups in total. The van der Waals surface area contributed by atoms with Crippen molar-refractivity contribution in [3.63, 3.8) is 0 Å². The van der Waals surface area contributed by atoms with Gasteiger partial charge in [-0.3, -0.25) is 9.59 Å². The van der Waals surface area contributed by atoms with Gasteiger partial charge in [0.2, 0.25) is 5.91 Å². The molecule has 1 atom stereocenters. The number of rotatable bonds is 9. The molecule has 1 unspecified atom stereocenters. The summed E-state index contributed by atoms with van der Waals surface area (Å²) in [6.45, 7) is 2.81. The molecule has 7 heteroatoms. The van der Waals surface area contributed by atoms with Crippen molar-refractivity contribution in [2.24, 2.45) is 5.73 Å². The summed E-state index contributed by atoms with van der Waals surface area (Å²) in [7, 11) is 0. The summed E-state index contributed by atoms with van der Waals surface area (Å²) < 4.78 is 11.3. The number of para-hydroxylation sites is 1. The van der Waals surface area contributed by atoms with E-state index in [1.165, 1.54) is 0 Å². The minimum atomic E-state index is -1.18. The molecule has 34 heavy (non-hydrogen) atoms. The van der Waals surface area contributed by atoms with Crippen molar-refractivity contribution in [3.05, 3.63) is 90.0 Å². The van der Waals surface area contributed by atoms with Crippen molar-refractivity contribution in [2.45, 2.75) is 25.4 Å². The molecule has 0 bridgehead atoms. The number of carbonyl (C=O) groups excluding carboxylic acids is 2. The van der Waals surface area contributed by atoms with Crippen LogP contribution in [-0.4, -0.2) is 41.9 Å². The fraction of sp³-hybridized carbons (Fsp3) is 0.259. The Labute approximate surface area is 199 Å². The summed E-state index contributed by atoms with van der Waals surface area (Å²) in [5.41, 5.74) is 6.67. The molecule has 1 aliphatic rings. The molecule has 0 aliphatic carbocycles. The Hall–Kier alpha value is -3.84. The second kappa shape index (κ2) is 10.4. The average Bonchev–Trinajstić information content (AvgIpc) is 2.85. The van der Waals surface area contributed by atoms with Crippen LogP contribution in [-0.2, 0) is 22.6 Å². The molecule has 1 aliphatic heterocycles. The van der Waals surface area contributed by atoms with Crippen molar-refractivity contribution >= 4 is 11.8 Å². The number of benzene rings is 3. The predicted octanol–water partition coefficient (Wildman–Crippen LogP) is 3.28. The highest BCUT2D eigenvalue weighted by atomic mass is 16.5. The lowest BCUT2D eigenvalue weighted by Gasteiger charge is -2.41. The zero-order valence-corrected chi connectivity index (χ0v) is 19.2. The molecule has 7 nitrogen and oxygen atoms in total. The van der Waals surface area contributed by atoms with Gasteiger partial charge in [0.15, 0.2) is 0 Å². The lowest BCUT2D eigenvalue weighted by molar-refractivity contribution is -0.150. The molecule has 3 aromatic rings. The number of ether oxygens (including phenoxy) is 2. The first kappa shape index (κ1) is 23.3. The van der Waals surface area contributed by atoms with Crippen LogP contribution >= 0.6 is 0 Å². The van der Waals surface area contributed by atoms with Crippen molar-refractivity contribution < 1.29 is 19.1 Å². The van der Waals surface area contributed by atoms with Gasteiger partial charge in [-0.1, -0.05) is 42.5 Å². The van der Waals surface area contributed by atoms with E-state index in [9.17, 15) is 9.59 Å². The maximum absolute atomic E-state index is 13.5. The van der Waals surface area contributed by atoms with E-state index in [1.54, 1.807) is 4.90 Å². The lowest BCUT2D eigenvalue weighted by atomic mass is 9.87. The number of nitrogens with two attached hydrogens (primary N) is 1. The molecule has 0 saturated carbocycles. The van der Waals surface area contributed by atoms with E-state index in [2.05, 4.69) is 5.32 Å². The maximum Gasteiger partial charge on any atom is 0.250 e. The van der Waals surface area contributed by atoms with Crippen molar-refractivity contribution in [1.29, 1.82) is 0 Å². The third-order valence-electron chi connectivity index (χ3n) is 5.77. The molecule has 2 amide bonds. The monoisotopic (exact) mass is 459 g/mol. The van der Waals surface area contributed by atoms with E-state index >= 15 is 0 Å². The van der Waals surface area contributed by atoms with Crippen LogP contribution in [0.1, 0.15) is 18.1 Å². The van der Waals surface area contributed by atoms with Crippen LogP contribution < -0.4 is 20.5 Å². The number of carbonyl (C=O) groups is 2. The van der Waals surface area contributed by atoms with E-state index in [0.717, 1.165) is 22.6 Å². The smallest absolute Gasteiger partial charge is 0.250 e. The second-order valence-electron chi connectivity index (χ2n) is 8.31. The molecular weight excluding hydrogens is 430 g/mol. The number of piperazine rings is 1. The normalized spacial score (nSPS) is 17.9. The maximum atomic E-state index is 13.5. The van der Waals surface area contributed by atoms with Crippen LogP contribution in [0.15, 0.2) is 78.9 Å². The first-order chi connectivity index (χ1) is 16.5. The first-order valence-electron chi connectivity index (χ1n) is 11.4. The molecule has 1 saturated heterocycles. The third-order valence-corrected chi connectivity index (χ3v) is 5.77. The fourth-order valence-corrected chi connectivity index (χ4v) is 4.09. The summed E-state index contributed by atoms with van der Waals surface area (Å²) in [6.07, 6.45) is 0.306. The van der Waals surface area contributed by atoms with Gasteiger partial charge < -0.3 is 25.4 Å². The van der Waals surface area contributed by atoms with Gasteiger partial charge in [-0.2, -0.15) is 0 Å². The standard InChI is InChI=1S/C27H29N3O4/c1-2-33-22-12-8-20(9-13-22)16-27(19-28)26(32)30(18-25(31)29-27)17-21-10-14-24(15-11-21)34-23-6-4-3-5-7-23/h3-15H,2,16-19,28H2,1H3,(H,29,31). The predicted molar refractivity (Wildman–Crippen MR) is 130 cm³/mol. The van der Waals surface area contributed by atoms with Gasteiger partial charge in [0.05, 0.1) is 13.2 Å². The Kier molecular flexibility index (Phi) is 7.13. The largest absolute Gasteiger partial charge is 0.494 e. The van der Waals surface area contributed by atoms with Crippen molar-refractivity contribution in [3.8, 4) is 17.2 Å². The highest BCUT2D eigenvalue weighted by Gasteiger charge is 2.45. The van der Waals surface area contributed by atoms with Gasteiger partial charge in [-0.25, -0.2) is 0 Å². The molecule has 0 aromatic heterocycles. The summed E-state index contributed by atoms with van der Waals surface area (Å²) in [5.74, 6) is 1.80. The van der Waals surface area contributed by atoms with E-state index in [0.29, 0.717) is 25.3 Å². The lowest BCUT2D eigenvalue weighted by Crippen LogP contribution is -2.70.